The fourth-order valence-corrected chi connectivity index (χ4v) is 1.74. The van der Waals surface area contributed by atoms with Gasteiger partial charge in [0.1, 0.15) is 5.78 Å². The first-order chi connectivity index (χ1) is 5.25. The Morgan fingerprint density at radius 3 is 2.82 bits per heavy atom. The summed E-state index contributed by atoms with van der Waals surface area (Å²) in [7, 11) is 0. The van der Waals surface area contributed by atoms with E-state index in [1.165, 1.54) is 0 Å². The molecule has 0 amide bonds. The predicted octanol–water partition coefficient (Wildman–Crippen LogP) is 2.57. The van der Waals surface area contributed by atoms with Crippen molar-refractivity contribution in [1.29, 1.82) is 0 Å². The average Bonchev–Trinajstić information content (AvgIpc) is 2.31. The van der Waals surface area contributed by atoms with E-state index < -0.39 is 0 Å². The molecule has 2 atom stereocenters. The van der Waals surface area contributed by atoms with Gasteiger partial charge in [-0.15, -0.1) is 6.58 Å². The zero-order valence-electron chi connectivity index (χ0n) is 7.18. The number of ketones is 1. The molecule has 0 bridgehead atoms. The Morgan fingerprint density at radius 1 is 1.64 bits per heavy atom. The summed E-state index contributed by atoms with van der Waals surface area (Å²) in [5.41, 5.74) is 0. The Balaban J connectivity index is 2.36. The molecule has 1 nitrogen and oxygen atoms in total. The van der Waals surface area contributed by atoms with Crippen LogP contribution in [0.4, 0.5) is 0 Å². The van der Waals surface area contributed by atoms with Gasteiger partial charge in [0.15, 0.2) is 0 Å². The summed E-state index contributed by atoms with van der Waals surface area (Å²) in [6, 6.07) is 0. The highest BCUT2D eigenvalue weighted by atomic mass is 16.1. The van der Waals surface area contributed by atoms with Gasteiger partial charge in [0.2, 0.25) is 0 Å². The summed E-state index contributed by atoms with van der Waals surface area (Å²) in [5, 5.41) is 0. The summed E-state index contributed by atoms with van der Waals surface area (Å²) in [6.45, 7) is 5.69. The molecule has 0 aromatic carbocycles. The van der Waals surface area contributed by atoms with Crippen molar-refractivity contribution in [2.24, 2.45) is 11.8 Å². The van der Waals surface area contributed by atoms with Gasteiger partial charge in [0, 0.05) is 11.8 Å². The molecular formula is C10H16O. The molecule has 62 valence electrons. The van der Waals surface area contributed by atoms with E-state index in [0.717, 1.165) is 25.7 Å². The lowest BCUT2D eigenvalue weighted by atomic mass is 9.99. The lowest BCUT2D eigenvalue weighted by Gasteiger charge is -2.04. The first-order valence-electron chi connectivity index (χ1n) is 4.40. The second-order valence-electron chi connectivity index (χ2n) is 3.44. The maximum atomic E-state index is 11.4. The number of allylic oxidation sites excluding steroid dienone is 1. The molecule has 1 aliphatic carbocycles. The molecule has 0 aromatic heterocycles. The highest BCUT2D eigenvalue weighted by Gasteiger charge is 2.29. The van der Waals surface area contributed by atoms with Crippen LogP contribution >= 0.6 is 0 Å². The number of carbonyl (C=O) groups excluding carboxylic acids is 1. The van der Waals surface area contributed by atoms with Gasteiger partial charge in [0.05, 0.1) is 0 Å². The van der Waals surface area contributed by atoms with Crippen LogP contribution in [0.2, 0.25) is 0 Å². The Labute approximate surface area is 68.5 Å². The summed E-state index contributed by atoms with van der Waals surface area (Å²) in [4.78, 5) is 11.4. The van der Waals surface area contributed by atoms with Crippen molar-refractivity contribution in [1.82, 2.24) is 0 Å². The largest absolute Gasteiger partial charge is 0.299 e. The molecule has 1 heteroatoms. The van der Waals surface area contributed by atoms with Gasteiger partial charge in [-0.2, -0.15) is 0 Å². The molecule has 11 heavy (non-hydrogen) atoms. The number of rotatable bonds is 3. The van der Waals surface area contributed by atoms with Gasteiger partial charge >= 0.3 is 0 Å². The smallest absolute Gasteiger partial charge is 0.138 e. The van der Waals surface area contributed by atoms with E-state index in [9.17, 15) is 4.79 Å². The van der Waals surface area contributed by atoms with Gasteiger partial charge in [-0.1, -0.05) is 13.0 Å². The van der Waals surface area contributed by atoms with Crippen LogP contribution in [0.25, 0.3) is 0 Å². The number of carbonyl (C=O) groups is 1. The molecule has 1 saturated carbocycles. The average molecular weight is 152 g/mol. The van der Waals surface area contributed by atoms with Crippen LogP contribution in [-0.4, -0.2) is 5.78 Å². The lowest BCUT2D eigenvalue weighted by Crippen LogP contribution is -2.11. The van der Waals surface area contributed by atoms with Crippen molar-refractivity contribution in [3.63, 3.8) is 0 Å². The van der Waals surface area contributed by atoms with Crippen molar-refractivity contribution < 1.29 is 4.79 Å². The van der Waals surface area contributed by atoms with E-state index >= 15 is 0 Å². The zero-order chi connectivity index (χ0) is 8.27. The van der Waals surface area contributed by atoms with Crippen LogP contribution in [0.5, 0.6) is 0 Å². The number of Topliss-reactive ketones (excluding diaryl/α,β-unsaturated/α-hetero) is 1. The van der Waals surface area contributed by atoms with Crippen LogP contribution in [0.1, 0.15) is 32.6 Å². The molecule has 1 rings (SSSR count). The molecule has 0 N–H and O–H groups in total. The maximum Gasteiger partial charge on any atom is 0.138 e. The SMILES string of the molecule is C=CCC[C@@H]1CC[C@@H](C)C1=O. The Hall–Kier alpha value is -0.590. The second-order valence-corrected chi connectivity index (χ2v) is 3.44. The summed E-state index contributed by atoms with van der Waals surface area (Å²) in [5.74, 6) is 1.15. The van der Waals surface area contributed by atoms with Gasteiger partial charge in [-0.3, -0.25) is 4.79 Å². The van der Waals surface area contributed by atoms with Crippen molar-refractivity contribution in [3.05, 3.63) is 12.7 Å². The summed E-state index contributed by atoms with van der Waals surface area (Å²) in [6.07, 6.45) is 6.11. The Kier molecular flexibility index (Phi) is 2.86. The third-order valence-electron chi connectivity index (χ3n) is 2.56. The van der Waals surface area contributed by atoms with Crippen molar-refractivity contribution >= 4 is 5.78 Å². The van der Waals surface area contributed by atoms with Crippen LogP contribution in [0.15, 0.2) is 12.7 Å². The van der Waals surface area contributed by atoms with Crippen molar-refractivity contribution in [2.75, 3.05) is 0 Å². The standard InChI is InChI=1S/C10H16O/c1-3-4-5-9-7-6-8(2)10(9)11/h3,8-9H,1,4-7H2,2H3/t8-,9-/m1/s1. The Morgan fingerprint density at radius 2 is 2.36 bits per heavy atom. The van der Waals surface area contributed by atoms with E-state index in [-0.39, 0.29) is 0 Å². The molecule has 1 fully saturated rings. The van der Waals surface area contributed by atoms with Gasteiger partial charge in [0.25, 0.3) is 0 Å². The number of hydrogen-bond donors (Lipinski definition) is 0. The fraction of sp³-hybridized carbons (Fsp3) is 0.700. The molecule has 1 aliphatic rings. The normalized spacial score (nSPS) is 30.8. The number of hydrogen-bond acceptors (Lipinski definition) is 1. The maximum absolute atomic E-state index is 11.4. The first kappa shape index (κ1) is 8.51. The summed E-state index contributed by atoms with van der Waals surface area (Å²) >= 11 is 0. The molecule has 0 unspecified atom stereocenters. The minimum atomic E-state index is 0.324. The van der Waals surface area contributed by atoms with Crippen molar-refractivity contribution in [3.8, 4) is 0 Å². The third kappa shape index (κ3) is 1.92. The minimum absolute atomic E-state index is 0.324. The van der Waals surface area contributed by atoms with E-state index in [2.05, 4.69) is 6.58 Å². The van der Waals surface area contributed by atoms with Crippen LogP contribution in [0.3, 0.4) is 0 Å². The first-order valence-corrected chi connectivity index (χ1v) is 4.40. The van der Waals surface area contributed by atoms with E-state index in [4.69, 9.17) is 0 Å². The van der Waals surface area contributed by atoms with Crippen LogP contribution in [-0.2, 0) is 4.79 Å². The molecule has 0 aliphatic heterocycles. The quantitative estimate of drug-likeness (QED) is 0.568. The predicted molar refractivity (Wildman–Crippen MR) is 46.3 cm³/mol. The minimum Gasteiger partial charge on any atom is -0.299 e. The van der Waals surface area contributed by atoms with Crippen LogP contribution < -0.4 is 0 Å². The van der Waals surface area contributed by atoms with E-state index in [0.29, 0.717) is 17.6 Å². The molecule has 0 saturated heterocycles. The summed E-state index contributed by atoms with van der Waals surface area (Å²) < 4.78 is 0. The van der Waals surface area contributed by atoms with Crippen molar-refractivity contribution in [2.45, 2.75) is 32.6 Å². The monoisotopic (exact) mass is 152 g/mol. The highest BCUT2D eigenvalue weighted by molar-refractivity contribution is 5.84. The molecule has 0 aromatic rings. The lowest BCUT2D eigenvalue weighted by molar-refractivity contribution is -0.123. The van der Waals surface area contributed by atoms with Crippen LogP contribution in [0, 0.1) is 11.8 Å². The van der Waals surface area contributed by atoms with Gasteiger partial charge < -0.3 is 0 Å². The molecule has 0 heterocycles. The van der Waals surface area contributed by atoms with E-state index in [1.54, 1.807) is 0 Å². The fourth-order valence-electron chi connectivity index (χ4n) is 1.74. The third-order valence-corrected chi connectivity index (χ3v) is 2.56. The molecule has 0 radical (unpaired) electrons. The van der Waals surface area contributed by atoms with E-state index in [1.807, 2.05) is 13.0 Å². The second kappa shape index (κ2) is 3.70. The Bertz CT molecular complexity index is 160. The highest BCUT2D eigenvalue weighted by Crippen LogP contribution is 2.29. The zero-order valence-corrected chi connectivity index (χ0v) is 7.18. The van der Waals surface area contributed by atoms with Gasteiger partial charge in [-0.25, -0.2) is 0 Å². The molecular weight excluding hydrogens is 136 g/mol. The van der Waals surface area contributed by atoms with Gasteiger partial charge in [-0.05, 0) is 25.7 Å². The topological polar surface area (TPSA) is 17.1 Å². The molecule has 0 spiro atoms.